The van der Waals surface area contributed by atoms with Crippen LogP contribution in [0.5, 0.6) is 5.75 Å². The number of rotatable bonds is 3. The van der Waals surface area contributed by atoms with Crippen LogP contribution in [0.2, 0.25) is 0 Å². The summed E-state index contributed by atoms with van der Waals surface area (Å²) in [5.74, 6) is -1.44. The number of ether oxygens (including phenoxy) is 1. The van der Waals surface area contributed by atoms with Crippen molar-refractivity contribution in [2.24, 2.45) is 0 Å². The normalized spacial score (nSPS) is 22.7. The Kier molecular flexibility index (Phi) is 4.86. The summed E-state index contributed by atoms with van der Waals surface area (Å²) in [5.41, 5.74) is 1.93. The highest BCUT2D eigenvalue weighted by Gasteiger charge is 2.50. The van der Waals surface area contributed by atoms with Gasteiger partial charge in [0.05, 0.1) is 35.0 Å². The standard InChI is InChI=1S/C22H25F2N3O3S/c1-30-15-4-7-20-19(13-15)25-22(21-3-2-10-27(20)21)8-11-26(12-9-22)31(28,29)16-5-6-17(23)18(24)14-16/h4-7,13-14,21,25H,2-3,8-12H2,1H3. The zero-order valence-corrected chi connectivity index (χ0v) is 18.1. The van der Waals surface area contributed by atoms with E-state index in [2.05, 4.69) is 16.3 Å². The Bertz CT molecular complexity index is 1120. The van der Waals surface area contributed by atoms with E-state index in [-0.39, 0.29) is 10.4 Å². The Labute approximate surface area is 180 Å². The predicted molar refractivity (Wildman–Crippen MR) is 114 cm³/mol. The lowest BCUT2D eigenvalue weighted by molar-refractivity contribution is 0.219. The molecule has 2 saturated heterocycles. The minimum atomic E-state index is -3.88. The Morgan fingerprint density at radius 3 is 2.55 bits per heavy atom. The van der Waals surface area contributed by atoms with Crippen LogP contribution in [0.15, 0.2) is 41.3 Å². The third-order valence-electron chi connectivity index (χ3n) is 6.93. The summed E-state index contributed by atoms with van der Waals surface area (Å²) < 4.78 is 59.7. The van der Waals surface area contributed by atoms with Crippen LogP contribution >= 0.6 is 0 Å². The SMILES string of the molecule is COc1ccc2c(c1)NC1(CCN(S(=O)(=O)c3ccc(F)c(F)c3)CC1)C1CCCN21. The van der Waals surface area contributed by atoms with Crippen LogP contribution in [0.25, 0.3) is 0 Å². The average Bonchev–Trinajstić information content (AvgIpc) is 3.27. The van der Waals surface area contributed by atoms with Crippen LogP contribution < -0.4 is 15.0 Å². The van der Waals surface area contributed by atoms with Gasteiger partial charge in [-0.25, -0.2) is 17.2 Å². The minimum Gasteiger partial charge on any atom is -0.497 e. The number of hydrogen-bond donors (Lipinski definition) is 1. The maximum absolute atomic E-state index is 13.6. The Morgan fingerprint density at radius 2 is 1.84 bits per heavy atom. The van der Waals surface area contributed by atoms with Crippen molar-refractivity contribution in [3.05, 3.63) is 48.0 Å². The molecule has 0 amide bonds. The fourth-order valence-electron chi connectivity index (χ4n) is 5.34. The van der Waals surface area contributed by atoms with Crippen molar-refractivity contribution < 1.29 is 21.9 Å². The highest BCUT2D eigenvalue weighted by Crippen LogP contribution is 2.48. The number of sulfonamides is 1. The van der Waals surface area contributed by atoms with Gasteiger partial charge in [-0.1, -0.05) is 0 Å². The van der Waals surface area contributed by atoms with Gasteiger partial charge in [-0.15, -0.1) is 0 Å². The second-order valence-corrected chi connectivity index (χ2v) is 10.4. The van der Waals surface area contributed by atoms with E-state index in [1.165, 1.54) is 4.31 Å². The average molecular weight is 450 g/mol. The van der Waals surface area contributed by atoms with Crippen LogP contribution in [-0.4, -0.2) is 51.0 Å². The summed E-state index contributed by atoms with van der Waals surface area (Å²) in [6, 6.07) is 9.07. The van der Waals surface area contributed by atoms with Gasteiger partial charge >= 0.3 is 0 Å². The largest absolute Gasteiger partial charge is 0.497 e. The molecule has 1 atom stereocenters. The van der Waals surface area contributed by atoms with Gasteiger partial charge in [-0.05, 0) is 56.0 Å². The molecule has 0 aromatic heterocycles. The van der Waals surface area contributed by atoms with Crippen molar-refractivity contribution in [1.29, 1.82) is 0 Å². The van der Waals surface area contributed by atoms with Crippen molar-refractivity contribution in [2.75, 3.05) is 37.0 Å². The second-order valence-electron chi connectivity index (χ2n) is 8.50. The third kappa shape index (κ3) is 3.25. The number of piperidine rings is 1. The molecule has 3 aliphatic heterocycles. The van der Waals surface area contributed by atoms with E-state index in [0.717, 1.165) is 54.7 Å². The summed E-state index contributed by atoms with van der Waals surface area (Å²) in [7, 11) is -2.25. The molecule has 5 rings (SSSR count). The fraction of sp³-hybridized carbons (Fsp3) is 0.455. The quantitative estimate of drug-likeness (QED) is 0.776. The van der Waals surface area contributed by atoms with Gasteiger partial charge in [0.2, 0.25) is 10.0 Å². The summed E-state index contributed by atoms with van der Waals surface area (Å²) in [6.07, 6.45) is 3.41. The predicted octanol–water partition coefficient (Wildman–Crippen LogP) is 3.59. The van der Waals surface area contributed by atoms with E-state index in [1.807, 2.05) is 12.1 Å². The zero-order valence-electron chi connectivity index (χ0n) is 17.3. The molecule has 1 unspecified atom stereocenters. The van der Waals surface area contributed by atoms with Crippen molar-refractivity contribution in [2.45, 2.75) is 42.2 Å². The van der Waals surface area contributed by atoms with Gasteiger partial charge in [0, 0.05) is 25.7 Å². The van der Waals surface area contributed by atoms with Crippen LogP contribution in [0.1, 0.15) is 25.7 Å². The van der Waals surface area contributed by atoms with Crippen LogP contribution in [0.4, 0.5) is 20.2 Å². The molecule has 166 valence electrons. The first-order chi connectivity index (χ1) is 14.8. The molecule has 6 nitrogen and oxygen atoms in total. The molecule has 3 heterocycles. The highest BCUT2D eigenvalue weighted by atomic mass is 32.2. The number of hydrogen-bond acceptors (Lipinski definition) is 5. The lowest BCUT2D eigenvalue weighted by Gasteiger charge is -2.53. The number of benzene rings is 2. The molecule has 9 heteroatoms. The summed E-state index contributed by atoms with van der Waals surface area (Å²) in [6.45, 7) is 1.61. The van der Waals surface area contributed by atoms with E-state index in [0.29, 0.717) is 32.0 Å². The smallest absolute Gasteiger partial charge is 0.243 e. The number of nitrogens with zero attached hydrogens (tertiary/aromatic N) is 2. The lowest BCUT2D eigenvalue weighted by Crippen LogP contribution is -2.62. The number of methoxy groups -OCH3 is 1. The monoisotopic (exact) mass is 449 g/mol. The molecule has 2 aromatic rings. The van der Waals surface area contributed by atoms with Gasteiger partial charge in [0.1, 0.15) is 5.75 Å². The first-order valence-electron chi connectivity index (χ1n) is 10.5. The van der Waals surface area contributed by atoms with Gasteiger partial charge in [0.25, 0.3) is 0 Å². The molecule has 1 spiro atoms. The lowest BCUT2D eigenvalue weighted by atomic mass is 9.78. The molecule has 3 aliphatic rings. The molecular weight excluding hydrogens is 424 g/mol. The Hall–Kier alpha value is -2.39. The van der Waals surface area contributed by atoms with Crippen molar-refractivity contribution >= 4 is 21.4 Å². The number of halogens is 2. The molecule has 31 heavy (non-hydrogen) atoms. The minimum absolute atomic E-state index is 0.212. The van der Waals surface area contributed by atoms with Crippen LogP contribution in [0, 0.1) is 11.6 Å². The topological polar surface area (TPSA) is 61.9 Å². The molecule has 2 aromatic carbocycles. The Morgan fingerprint density at radius 1 is 1.06 bits per heavy atom. The molecule has 0 radical (unpaired) electrons. The fourth-order valence-corrected chi connectivity index (χ4v) is 6.80. The molecule has 0 saturated carbocycles. The maximum Gasteiger partial charge on any atom is 0.243 e. The second kappa shape index (κ2) is 7.34. The molecule has 2 fully saturated rings. The van der Waals surface area contributed by atoms with E-state index < -0.39 is 21.7 Å². The van der Waals surface area contributed by atoms with Crippen molar-refractivity contribution in [1.82, 2.24) is 4.31 Å². The first-order valence-corrected chi connectivity index (χ1v) is 12.0. The highest BCUT2D eigenvalue weighted by molar-refractivity contribution is 7.89. The first kappa shape index (κ1) is 20.5. The summed E-state index contributed by atoms with van der Waals surface area (Å²) >= 11 is 0. The summed E-state index contributed by atoms with van der Waals surface area (Å²) in [4.78, 5) is 2.22. The van der Waals surface area contributed by atoms with Crippen LogP contribution in [0.3, 0.4) is 0 Å². The summed E-state index contributed by atoms with van der Waals surface area (Å²) in [5, 5.41) is 3.73. The van der Waals surface area contributed by atoms with Crippen molar-refractivity contribution in [3.63, 3.8) is 0 Å². The van der Waals surface area contributed by atoms with Gasteiger partial charge in [-0.3, -0.25) is 0 Å². The molecule has 0 aliphatic carbocycles. The van der Waals surface area contributed by atoms with Crippen LogP contribution in [-0.2, 0) is 10.0 Å². The van der Waals surface area contributed by atoms with E-state index in [4.69, 9.17) is 4.74 Å². The van der Waals surface area contributed by atoms with E-state index in [9.17, 15) is 17.2 Å². The van der Waals surface area contributed by atoms with Gasteiger partial charge < -0.3 is 15.0 Å². The maximum atomic E-state index is 13.6. The zero-order chi connectivity index (χ0) is 21.8. The van der Waals surface area contributed by atoms with Gasteiger partial charge in [0.15, 0.2) is 11.6 Å². The van der Waals surface area contributed by atoms with Crippen molar-refractivity contribution in [3.8, 4) is 5.75 Å². The molecule has 0 bridgehead atoms. The van der Waals surface area contributed by atoms with E-state index >= 15 is 0 Å². The number of nitrogens with one attached hydrogen (secondary N) is 1. The van der Waals surface area contributed by atoms with Gasteiger partial charge in [-0.2, -0.15) is 4.31 Å². The Balaban J connectivity index is 1.41. The molecular formula is C22H25F2N3O3S. The number of anilines is 2. The number of fused-ring (bicyclic) bond motifs is 4. The third-order valence-corrected chi connectivity index (χ3v) is 8.83. The molecule has 1 N–H and O–H groups in total. The van der Waals surface area contributed by atoms with E-state index in [1.54, 1.807) is 7.11 Å².